The Hall–Kier alpha value is -1.49. The average Bonchev–Trinajstić information content (AvgIpc) is 2.28. The maximum atomic E-state index is 10.8. The van der Waals surface area contributed by atoms with E-state index >= 15 is 0 Å². The van der Waals surface area contributed by atoms with Crippen LogP contribution in [0.25, 0.3) is 0 Å². The molecule has 0 spiro atoms. The molecule has 0 aliphatic heterocycles. The molecule has 1 aromatic carbocycles. The van der Waals surface area contributed by atoms with E-state index in [-0.39, 0.29) is 18.1 Å². The van der Waals surface area contributed by atoms with Crippen molar-refractivity contribution in [3.8, 4) is 11.5 Å². The van der Waals surface area contributed by atoms with Crippen LogP contribution in [0.15, 0.2) is 36.1 Å². The summed E-state index contributed by atoms with van der Waals surface area (Å²) in [6, 6.07) is 6.26. The summed E-state index contributed by atoms with van der Waals surface area (Å²) in [4.78, 5) is 17.5. The monoisotopic (exact) mass is 288 g/mol. The van der Waals surface area contributed by atoms with E-state index < -0.39 is 7.82 Å². The molecule has 19 heavy (non-hydrogen) atoms. The molecule has 0 fully saturated rings. The van der Waals surface area contributed by atoms with Crippen molar-refractivity contribution in [3.05, 3.63) is 36.1 Å². The summed E-state index contributed by atoms with van der Waals surface area (Å²) < 4.78 is 25.8. The van der Waals surface area contributed by atoms with Crippen molar-refractivity contribution in [2.24, 2.45) is 0 Å². The van der Waals surface area contributed by atoms with E-state index in [4.69, 9.17) is 19.3 Å². The first-order chi connectivity index (χ1) is 8.88. The third kappa shape index (κ3) is 6.86. The van der Waals surface area contributed by atoms with Crippen LogP contribution in [0.2, 0.25) is 0 Å². The largest absolute Gasteiger partial charge is 0.524 e. The van der Waals surface area contributed by atoms with E-state index in [0.717, 1.165) is 5.57 Å². The van der Waals surface area contributed by atoms with E-state index in [0.29, 0.717) is 6.61 Å². The highest BCUT2D eigenvalue weighted by Gasteiger charge is 2.18. The average molecular weight is 288 g/mol. The summed E-state index contributed by atoms with van der Waals surface area (Å²) >= 11 is 0. The van der Waals surface area contributed by atoms with Crippen LogP contribution >= 0.6 is 7.82 Å². The second kappa shape index (κ2) is 7.19. The Balaban J connectivity index is 2.54. The second-order valence-corrected chi connectivity index (χ2v) is 5.11. The van der Waals surface area contributed by atoms with Gasteiger partial charge < -0.3 is 14.0 Å². The van der Waals surface area contributed by atoms with Gasteiger partial charge in [0, 0.05) is 0 Å². The number of ether oxygens (including phenoxy) is 2. The maximum absolute atomic E-state index is 10.8. The highest BCUT2D eigenvalue weighted by Crippen LogP contribution is 2.41. The Labute approximate surface area is 111 Å². The number of hydrogen-bond donors (Lipinski definition) is 2. The van der Waals surface area contributed by atoms with Crippen LogP contribution < -0.4 is 9.26 Å². The normalized spacial score (nSPS) is 10.7. The van der Waals surface area contributed by atoms with E-state index in [1.165, 1.54) is 6.07 Å². The quantitative estimate of drug-likeness (QED) is 0.455. The molecule has 0 amide bonds. The van der Waals surface area contributed by atoms with Crippen molar-refractivity contribution in [2.45, 2.75) is 13.8 Å². The molecule has 0 bridgehead atoms. The van der Waals surface area contributed by atoms with Gasteiger partial charge in [-0.25, -0.2) is 4.57 Å². The molecule has 0 heterocycles. The van der Waals surface area contributed by atoms with Gasteiger partial charge in [0.25, 0.3) is 0 Å². The minimum Gasteiger partial charge on any atom is -0.498 e. The van der Waals surface area contributed by atoms with Gasteiger partial charge in [0.2, 0.25) is 0 Å². The summed E-state index contributed by atoms with van der Waals surface area (Å²) in [5, 5.41) is 0. The fourth-order valence-electron chi connectivity index (χ4n) is 1.20. The van der Waals surface area contributed by atoms with Crippen molar-refractivity contribution >= 4 is 7.82 Å². The summed E-state index contributed by atoms with van der Waals surface area (Å²) in [6.07, 6.45) is 1.61. The molecule has 106 valence electrons. The van der Waals surface area contributed by atoms with Crippen LogP contribution in [0, 0.1) is 0 Å². The van der Waals surface area contributed by atoms with Crippen LogP contribution in [-0.4, -0.2) is 23.0 Å². The first-order valence-corrected chi connectivity index (χ1v) is 7.13. The van der Waals surface area contributed by atoms with Gasteiger partial charge in [-0.05, 0) is 31.6 Å². The first kappa shape index (κ1) is 15.6. The van der Waals surface area contributed by atoms with Crippen molar-refractivity contribution in [1.29, 1.82) is 0 Å². The van der Waals surface area contributed by atoms with E-state index in [9.17, 15) is 4.57 Å². The topological polar surface area (TPSA) is 85.2 Å². The van der Waals surface area contributed by atoms with Gasteiger partial charge >= 0.3 is 7.82 Å². The number of benzene rings is 1. The molecule has 0 aromatic heterocycles. The fourth-order valence-corrected chi connectivity index (χ4v) is 1.61. The molecule has 7 heteroatoms. The van der Waals surface area contributed by atoms with Gasteiger partial charge in [0.05, 0.1) is 6.26 Å². The Morgan fingerprint density at radius 2 is 1.84 bits per heavy atom. The zero-order valence-electron chi connectivity index (χ0n) is 10.8. The van der Waals surface area contributed by atoms with Crippen molar-refractivity contribution in [3.63, 3.8) is 0 Å². The molecule has 0 radical (unpaired) electrons. The molecule has 6 nitrogen and oxygen atoms in total. The van der Waals surface area contributed by atoms with Crippen LogP contribution in [0.4, 0.5) is 0 Å². The lowest BCUT2D eigenvalue weighted by Crippen LogP contribution is -2.05. The number of phosphoric ester groups is 1. The lowest BCUT2D eigenvalue weighted by Gasteiger charge is -2.12. The standard InChI is InChI=1S/C12H17O6P/c1-10(2)9-16-7-8-17-11-5-3-4-6-12(11)18-19(13,14)15/h3-6,9H,7-8H2,1-2H3,(H2,13,14,15). The lowest BCUT2D eigenvalue weighted by atomic mass is 10.3. The zero-order valence-corrected chi connectivity index (χ0v) is 11.7. The SMILES string of the molecule is CC(C)=COCCOc1ccccc1OP(=O)(O)O. The first-order valence-electron chi connectivity index (χ1n) is 5.60. The molecular weight excluding hydrogens is 271 g/mol. The van der Waals surface area contributed by atoms with E-state index in [1.807, 2.05) is 13.8 Å². The lowest BCUT2D eigenvalue weighted by molar-refractivity contribution is 0.174. The molecule has 2 N–H and O–H groups in total. The van der Waals surface area contributed by atoms with Gasteiger partial charge in [0.1, 0.15) is 13.2 Å². The third-order valence-corrected chi connectivity index (χ3v) is 2.28. The molecule has 0 saturated heterocycles. The number of phosphoric acid groups is 1. The molecule has 0 unspecified atom stereocenters. The predicted octanol–water partition coefficient (Wildman–Crippen LogP) is 2.48. The Bertz CT molecular complexity index is 475. The van der Waals surface area contributed by atoms with Gasteiger partial charge in [-0.1, -0.05) is 12.1 Å². The molecule has 0 atom stereocenters. The molecular formula is C12H17O6P. The summed E-state index contributed by atoms with van der Waals surface area (Å²) in [5.74, 6) is 0.254. The summed E-state index contributed by atoms with van der Waals surface area (Å²) in [5.41, 5.74) is 1.03. The molecule has 0 aliphatic carbocycles. The van der Waals surface area contributed by atoms with E-state index in [2.05, 4.69) is 4.52 Å². The number of hydrogen-bond acceptors (Lipinski definition) is 4. The minimum absolute atomic E-state index is 0.00181. The van der Waals surface area contributed by atoms with Gasteiger partial charge in [-0.2, -0.15) is 0 Å². The van der Waals surface area contributed by atoms with E-state index in [1.54, 1.807) is 24.5 Å². The summed E-state index contributed by atoms with van der Waals surface area (Å²) in [7, 11) is -4.59. The third-order valence-electron chi connectivity index (χ3n) is 1.84. The molecule has 0 aliphatic rings. The van der Waals surface area contributed by atoms with Crippen LogP contribution in [0.5, 0.6) is 11.5 Å². The van der Waals surface area contributed by atoms with Crippen LogP contribution in [-0.2, 0) is 9.30 Å². The maximum Gasteiger partial charge on any atom is 0.524 e. The molecule has 0 saturated carbocycles. The fraction of sp³-hybridized carbons (Fsp3) is 0.333. The molecule has 1 aromatic rings. The van der Waals surface area contributed by atoms with Gasteiger partial charge in [-0.15, -0.1) is 0 Å². The smallest absolute Gasteiger partial charge is 0.498 e. The summed E-state index contributed by atoms with van der Waals surface area (Å²) in [6.45, 7) is 4.38. The highest BCUT2D eigenvalue weighted by molar-refractivity contribution is 7.46. The Morgan fingerprint density at radius 3 is 2.42 bits per heavy atom. The predicted molar refractivity (Wildman–Crippen MR) is 70.0 cm³/mol. The van der Waals surface area contributed by atoms with Gasteiger partial charge in [-0.3, -0.25) is 9.79 Å². The van der Waals surface area contributed by atoms with Crippen molar-refractivity contribution in [2.75, 3.05) is 13.2 Å². The molecule has 1 rings (SSSR count). The van der Waals surface area contributed by atoms with Crippen LogP contribution in [0.3, 0.4) is 0 Å². The minimum atomic E-state index is -4.59. The number of allylic oxidation sites excluding steroid dienone is 1. The van der Waals surface area contributed by atoms with Crippen molar-refractivity contribution < 1.29 is 28.3 Å². The Morgan fingerprint density at radius 1 is 1.21 bits per heavy atom. The number of para-hydroxylation sites is 2. The number of rotatable bonds is 7. The highest BCUT2D eigenvalue weighted by atomic mass is 31.2. The van der Waals surface area contributed by atoms with Gasteiger partial charge in [0.15, 0.2) is 11.5 Å². The van der Waals surface area contributed by atoms with Crippen molar-refractivity contribution in [1.82, 2.24) is 0 Å². The van der Waals surface area contributed by atoms with Crippen LogP contribution in [0.1, 0.15) is 13.8 Å². The Kier molecular flexibility index (Phi) is 5.89. The zero-order chi connectivity index (χ0) is 14.3. The second-order valence-electron chi connectivity index (χ2n) is 3.94.